The first kappa shape index (κ1) is 15.3. The van der Waals surface area contributed by atoms with Gasteiger partial charge in [0.15, 0.2) is 0 Å². The van der Waals surface area contributed by atoms with Crippen molar-refractivity contribution in [1.29, 1.82) is 0 Å². The molecule has 0 aromatic heterocycles. The maximum atomic E-state index is 10.4. The third-order valence-electron chi connectivity index (χ3n) is 1.35. The van der Waals surface area contributed by atoms with E-state index < -0.39 is 27.7 Å². The minimum absolute atomic E-state index is 0.294. The number of rotatable bonds is 3. The van der Waals surface area contributed by atoms with E-state index in [1.165, 1.54) is 0 Å². The quantitative estimate of drug-likeness (QED) is 0.587. The number of hydrogen-bond acceptors (Lipinski definition) is 5. The molecule has 8 heteroatoms. The molecule has 0 unspecified atom stereocenters. The molecule has 0 heterocycles. The van der Waals surface area contributed by atoms with Crippen molar-refractivity contribution < 1.29 is 21.6 Å². The number of thiol groups is 2. The van der Waals surface area contributed by atoms with Gasteiger partial charge in [0.1, 0.15) is 0 Å². The molecule has 1 rings (SSSR count). The van der Waals surface area contributed by atoms with Gasteiger partial charge in [0.05, 0.1) is 0 Å². The van der Waals surface area contributed by atoms with E-state index in [2.05, 4.69) is 6.58 Å². The van der Waals surface area contributed by atoms with E-state index in [-0.39, 0.29) is 3.71 Å². The van der Waals surface area contributed by atoms with Gasteiger partial charge in [0.25, 0.3) is 5.91 Å². The van der Waals surface area contributed by atoms with Gasteiger partial charge in [-0.2, -0.15) is 0 Å². The van der Waals surface area contributed by atoms with E-state index >= 15 is 0 Å². The highest BCUT2D eigenvalue weighted by Gasteiger charge is 2.13. The van der Waals surface area contributed by atoms with Crippen LogP contribution in [0.1, 0.15) is 0 Å². The zero-order valence-electron chi connectivity index (χ0n) is 8.63. The lowest BCUT2D eigenvalue weighted by atomic mass is 10.4. The van der Waals surface area contributed by atoms with Crippen LogP contribution in [-0.4, -0.2) is 26.5 Å². The summed E-state index contributed by atoms with van der Waals surface area (Å²) in [6.45, 7) is 2.92. The molecule has 0 aliphatic carbocycles. The Morgan fingerprint density at radius 1 is 0.882 bits per heavy atom. The number of amides is 1. The summed E-state index contributed by atoms with van der Waals surface area (Å²) in [7, 11) is -6.86. The van der Waals surface area contributed by atoms with Crippen LogP contribution in [0.4, 0.5) is 0 Å². The molecule has 0 fully saturated rings. The third kappa shape index (κ3) is 6.48. The summed E-state index contributed by atoms with van der Waals surface area (Å²) in [6, 6.07) is 12.0. The Hall–Kier alpha value is -1.67. The van der Waals surface area contributed by atoms with E-state index in [0.29, 0.717) is 6.08 Å². The normalized spacial score (nSPS) is 9.29. The van der Waals surface area contributed by atoms with Gasteiger partial charge in [0.2, 0.25) is 21.8 Å². The predicted octanol–water partition coefficient (Wildman–Crippen LogP) is -0.260. The van der Waals surface area contributed by atoms with Crippen molar-refractivity contribution in [3.8, 4) is 0 Å². The third-order valence-corrected chi connectivity index (χ3v) is 3.24. The second-order valence-corrected chi connectivity index (χ2v) is 4.53. The van der Waals surface area contributed by atoms with Crippen molar-refractivity contribution in [2.75, 3.05) is 0 Å². The van der Waals surface area contributed by atoms with Crippen LogP contribution in [0.2, 0.25) is 0 Å². The van der Waals surface area contributed by atoms with Crippen LogP contribution in [0.25, 0.3) is 0 Å². The standard InChI is InChI=1S/C6H6.C3H5NO5S2/c1-2-4-6-5-3-1;1-2-3(5)4(10(6)7)11(8)9/h1-6H;2,10-11H,1H2. The van der Waals surface area contributed by atoms with Crippen LogP contribution in [0.3, 0.4) is 0 Å². The molecule has 6 nitrogen and oxygen atoms in total. The van der Waals surface area contributed by atoms with Crippen LogP contribution in [0.15, 0.2) is 49.1 Å². The molecule has 0 N–H and O–H groups in total. The largest absolute Gasteiger partial charge is 0.273 e. The van der Waals surface area contributed by atoms with Gasteiger partial charge in [-0.1, -0.05) is 43.0 Å². The molecular weight excluding hydrogens is 266 g/mol. The fourth-order valence-corrected chi connectivity index (χ4v) is 1.65. The number of hydrogen-bond donors (Lipinski definition) is 2. The van der Waals surface area contributed by atoms with E-state index in [1.807, 2.05) is 36.4 Å². The van der Waals surface area contributed by atoms with E-state index in [9.17, 15) is 21.6 Å². The summed E-state index contributed by atoms with van der Waals surface area (Å²) in [5.41, 5.74) is 0. The van der Waals surface area contributed by atoms with E-state index in [4.69, 9.17) is 0 Å². The molecule has 0 radical (unpaired) electrons. The maximum absolute atomic E-state index is 10.4. The highest BCUT2D eigenvalue weighted by Crippen LogP contribution is 1.89. The Bertz CT molecular complexity index is 443. The van der Waals surface area contributed by atoms with Crippen molar-refractivity contribution in [1.82, 2.24) is 3.71 Å². The number of carbonyl (C=O) groups excluding carboxylic acids is 1. The van der Waals surface area contributed by atoms with Crippen LogP contribution < -0.4 is 0 Å². The average Bonchev–Trinajstić information content (AvgIpc) is 2.31. The molecule has 1 aromatic rings. The lowest BCUT2D eigenvalue weighted by molar-refractivity contribution is -0.118. The van der Waals surface area contributed by atoms with Crippen molar-refractivity contribution in [2.45, 2.75) is 0 Å². The molecule has 1 aromatic carbocycles. The first-order valence-electron chi connectivity index (χ1n) is 4.25. The molecule has 0 saturated heterocycles. The molecule has 17 heavy (non-hydrogen) atoms. The molecule has 0 atom stereocenters. The summed E-state index contributed by atoms with van der Waals surface area (Å²) in [4.78, 5) is 10.4. The SMILES string of the molecule is C=CC(=O)N([SH](=O)=O)[SH](=O)=O.c1ccccc1. The van der Waals surface area contributed by atoms with E-state index in [0.717, 1.165) is 0 Å². The molecular formula is C9H11NO5S2. The van der Waals surface area contributed by atoms with Gasteiger partial charge < -0.3 is 0 Å². The van der Waals surface area contributed by atoms with Crippen LogP contribution in [0.5, 0.6) is 0 Å². The number of benzene rings is 1. The maximum Gasteiger partial charge on any atom is 0.273 e. The van der Waals surface area contributed by atoms with Crippen molar-refractivity contribution in [3.63, 3.8) is 0 Å². The second-order valence-electron chi connectivity index (χ2n) is 2.46. The number of nitrogens with zero attached hydrogens (tertiary/aromatic N) is 1. The lowest BCUT2D eigenvalue weighted by Gasteiger charge is -2.01. The Morgan fingerprint density at radius 2 is 1.18 bits per heavy atom. The Morgan fingerprint density at radius 3 is 1.29 bits per heavy atom. The smallest absolute Gasteiger partial charge is 0.268 e. The molecule has 0 aliphatic rings. The van der Waals surface area contributed by atoms with Crippen LogP contribution in [-0.2, 0) is 26.6 Å². The van der Waals surface area contributed by atoms with Gasteiger partial charge in [-0.15, -0.1) is 3.71 Å². The van der Waals surface area contributed by atoms with Crippen molar-refractivity contribution >= 4 is 27.7 Å². The molecule has 1 amide bonds. The minimum Gasteiger partial charge on any atom is -0.268 e. The Balaban J connectivity index is 0.000000354. The fraction of sp³-hybridized carbons (Fsp3) is 0. The van der Waals surface area contributed by atoms with Crippen LogP contribution >= 0.6 is 0 Å². The zero-order chi connectivity index (χ0) is 13.3. The average molecular weight is 277 g/mol. The molecule has 0 saturated carbocycles. The van der Waals surface area contributed by atoms with Crippen molar-refractivity contribution in [3.05, 3.63) is 49.1 Å². The first-order chi connectivity index (χ1) is 8.00. The molecule has 0 spiro atoms. The lowest BCUT2D eigenvalue weighted by Crippen LogP contribution is -2.25. The Labute approximate surface area is 102 Å². The zero-order valence-corrected chi connectivity index (χ0v) is 10.4. The molecule has 0 aliphatic heterocycles. The van der Waals surface area contributed by atoms with Gasteiger partial charge in [0, 0.05) is 0 Å². The fourth-order valence-electron chi connectivity index (χ4n) is 0.687. The first-order valence-corrected chi connectivity index (χ1v) is 6.52. The van der Waals surface area contributed by atoms with E-state index in [1.54, 1.807) is 0 Å². The summed E-state index contributed by atoms with van der Waals surface area (Å²) < 4.78 is 39.9. The topological polar surface area (TPSA) is 88.6 Å². The van der Waals surface area contributed by atoms with Gasteiger partial charge in [-0.25, -0.2) is 16.8 Å². The van der Waals surface area contributed by atoms with Crippen LogP contribution in [0, 0.1) is 0 Å². The summed E-state index contributed by atoms with van der Waals surface area (Å²) in [6.07, 6.45) is 0.594. The molecule has 94 valence electrons. The highest BCUT2D eigenvalue weighted by molar-refractivity contribution is 7.86. The molecule has 0 bridgehead atoms. The second kappa shape index (κ2) is 8.48. The summed E-state index contributed by atoms with van der Waals surface area (Å²) in [5.74, 6) is -1.18. The highest BCUT2D eigenvalue weighted by atomic mass is 32.2. The predicted molar refractivity (Wildman–Crippen MR) is 64.1 cm³/mol. The monoisotopic (exact) mass is 277 g/mol. The van der Waals surface area contributed by atoms with Crippen molar-refractivity contribution in [2.24, 2.45) is 0 Å². The summed E-state index contributed by atoms with van der Waals surface area (Å²) >= 11 is 0. The number of carbonyl (C=O) groups is 1. The van der Waals surface area contributed by atoms with Gasteiger partial charge >= 0.3 is 0 Å². The Kier molecular flexibility index (Phi) is 7.65. The minimum atomic E-state index is -3.43. The summed E-state index contributed by atoms with van der Waals surface area (Å²) in [5, 5.41) is 0. The van der Waals surface area contributed by atoms with Gasteiger partial charge in [-0.3, -0.25) is 4.79 Å². The van der Waals surface area contributed by atoms with Gasteiger partial charge in [-0.05, 0) is 6.08 Å².